The quantitative estimate of drug-likeness (QED) is 0.543. The summed E-state index contributed by atoms with van der Waals surface area (Å²) in [6.07, 6.45) is 7.76. The number of allylic oxidation sites excluding steroid dienone is 5. The van der Waals surface area contributed by atoms with Crippen molar-refractivity contribution in [3.63, 3.8) is 0 Å². The molecule has 2 rings (SSSR count). The summed E-state index contributed by atoms with van der Waals surface area (Å²) in [7, 11) is 3.28. The van der Waals surface area contributed by atoms with Gasteiger partial charge in [0.1, 0.15) is 11.5 Å². The number of methoxy groups -OCH3 is 2. The van der Waals surface area contributed by atoms with Crippen molar-refractivity contribution >= 4 is 11.4 Å². The first-order valence-electron chi connectivity index (χ1n) is 8.76. The van der Waals surface area contributed by atoms with Crippen LogP contribution in [0.1, 0.15) is 25.0 Å². The van der Waals surface area contributed by atoms with Crippen molar-refractivity contribution in [1.29, 1.82) is 0 Å². The highest BCUT2D eigenvalue weighted by molar-refractivity contribution is 5.68. The predicted octanol–water partition coefficient (Wildman–Crippen LogP) is 4.86. The van der Waals surface area contributed by atoms with E-state index in [1.165, 1.54) is 0 Å². The molecule has 0 aliphatic heterocycles. The van der Waals surface area contributed by atoms with Gasteiger partial charge in [0, 0.05) is 16.8 Å². The summed E-state index contributed by atoms with van der Waals surface area (Å²) in [5.41, 5.74) is 16.3. The predicted molar refractivity (Wildman–Crippen MR) is 114 cm³/mol. The Morgan fingerprint density at radius 3 is 1.81 bits per heavy atom. The van der Waals surface area contributed by atoms with Crippen molar-refractivity contribution in [2.24, 2.45) is 0 Å². The zero-order chi connectivity index (χ0) is 20.0. The first-order valence-corrected chi connectivity index (χ1v) is 8.76. The van der Waals surface area contributed by atoms with E-state index >= 15 is 0 Å². The summed E-state index contributed by atoms with van der Waals surface area (Å²) >= 11 is 0. The summed E-state index contributed by atoms with van der Waals surface area (Å²) in [6.45, 7) is 7.94. The Hall–Kier alpha value is -3.14. The van der Waals surface area contributed by atoms with Crippen molar-refractivity contribution < 1.29 is 9.47 Å². The highest BCUT2D eigenvalue weighted by atomic mass is 16.5. The first kappa shape index (κ1) is 20.2. The fourth-order valence-electron chi connectivity index (χ4n) is 3.34. The van der Waals surface area contributed by atoms with Gasteiger partial charge in [-0.05, 0) is 66.9 Å². The number of rotatable bonds is 7. The number of ether oxygens (including phenoxy) is 2. The Morgan fingerprint density at radius 1 is 0.963 bits per heavy atom. The largest absolute Gasteiger partial charge is 0.497 e. The molecule has 0 unspecified atom stereocenters. The Balaban J connectivity index is 2.93. The number of nitrogens with two attached hydrogens (primary N) is 2. The van der Waals surface area contributed by atoms with Gasteiger partial charge in [0.05, 0.1) is 14.2 Å². The third-order valence-corrected chi connectivity index (χ3v) is 4.82. The summed E-state index contributed by atoms with van der Waals surface area (Å²) in [4.78, 5) is 0. The highest BCUT2D eigenvalue weighted by Crippen LogP contribution is 2.46. The van der Waals surface area contributed by atoms with E-state index in [-0.39, 0.29) is 0 Å². The van der Waals surface area contributed by atoms with E-state index in [1.54, 1.807) is 20.3 Å². The maximum Gasteiger partial charge on any atom is 0.119 e. The molecule has 0 amide bonds. The molecule has 0 aliphatic rings. The molecule has 0 spiro atoms. The van der Waals surface area contributed by atoms with Crippen LogP contribution in [0.15, 0.2) is 72.9 Å². The smallest absolute Gasteiger partial charge is 0.119 e. The minimum absolute atomic E-state index is 0.641. The molecule has 0 fully saturated rings. The van der Waals surface area contributed by atoms with Gasteiger partial charge in [-0.15, -0.1) is 0 Å². The molecule has 4 N–H and O–H groups in total. The number of nitrogen functional groups attached to an aromatic ring is 2. The highest BCUT2D eigenvalue weighted by Gasteiger charge is 2.36. The van der Waals surface area contributed by atoms with Crippen LogP contribution >= 0.6 is 0 Å². The van der Waals surface area contributed by atoms with Crippen molar-refractivity contribution in [1.82, 2.24) is 0 Å². The van der Waals surface area contributed by atoms with Gasteiger partial charge in [0.2, 0.25) is 0 Å². The minimum atomic E-state index is -0.641. The maximum atomic E-state index is 6.41. The van der Waals surface area contributed by atoms with Crippen molar-refractivity contribution in [2.75, 3.05) is 25.7 Å². The van der Waals surface area contributed by atoms with Crippen molar-refractivity contribution in [3.8, 4) is 11.5 Å². The van der Waals surface area contributed by atoms with E-state index in [0.717, 1.165) is 28.2 Å². The third kappa shape index (κ3) is 3.85. The minimum Gasteiger partial charge on any atom is -0.497 e. The standard InChI is InChI=1S/C23H28N2O2/c1-6-8-16(9-7-2)23(3,19-14-17(26-4)10-12-21(19)24)20-15-18(27-5)11-13-22(20)25/h6-15H,1,24-25H2,2-5H3/b9-7-,16-8+. The van der Waals surface area contributed by atoms with Crippen LogP contribution < -0.4 is 20.9 Å². The molecule has 0 saturated carbocycles. The molecular weight excluding hydrogens is 336 g/mol. The zero-order valence-electron chi connectivity index (χ0n) is 16.5. The van der Waals surface area contributed by atoms with E-state index in [9.17, 15) is 0 Å². The molecule has 0 radical (unpaired) electrons. The van der Waals surface area contributed by atoms with Gasteiger partial charge < -0.3 is 20.9 Å². The summed E-state index contributed by atoms with van der Waals surface area (Å²) in [6, 6.07) is 11.3. The topological polar surface area (TPSA) is 70.5 Å². The number of anilines is 2. The van der Waals surface area contributed by atoms with Gasteiger partial charge in [-0.2, -0.15) is 0 Å². The Morgan fingerprint density at radius 2 is 1.44 bits per heavy atom. The molecule has 2 aromatic carbocycles. The average molecular weight is 364 g/mol. The Bertz CT molecular complexity index is 828. The molecule has 27 heavy (non-hydrogen) atoms. The molecule has 4 nitrogen and oxygen atoms in total. The van der Waals surface area contributed by atoms with Gasteiger partial charge >= 0.3 is 0 Å². The lowest BCUT2D eigenvalue weighted by atomic mass is 9.69. The van der Waals surface area contributed by atoms with Crippen molar-refractivity contribution in [2.45, 2.75) is 19.3 Å². The van der Waals surface area contributed by atoms with Gasteiger partial charge in [0.15, 0.2) is 0 Å². The summed E-state index contributed by atoms with van der Waals surface area (Å²) < 4.78 is 10.9. The summed E-state index contributed by atoms with van der Waals surface area (Å²) in [5, 5.41) is 0. The Labute approximate surface area is 161 Å². The number of hydrogen-bond donors (Lipinski definition) is 2. The van der Waals surface area contributed by atoms with Crippen LogP contribution in [0.4, 0.5) is 11.4 Å². The van der Waals surface area contributed by atoms with Crippen LogP contribution in [0.3, 0.4) is 0 Å². The second-order valence-electron chi connectivity index (χ2n) is 6.39. The fraction of sp³-hybridized carbons (Fsp3) is 0.217. The van der Waals surface area contributed by atoms with Gasteiger partial charge in [-0.3, -0.25) is 0 Å². The maximum absolute atomic E-state index is 6.41. The SMILES string of the molecule is C=C/C=C(\C=C/C)C(C)(c1cc(OC)ccc1N)c1cc(OC)ccc1N. The van der Waals surface area contributed by atoms with E-state index in [0.29, 0.717) is 11.4 Å². The monoisotopic (exact) mass is 364 g/mol. The van der Waals surface area contributed by atoms with Crippen molar-refractivity contribution in [3.05, 3.63) is 84.0 Å². The fourth-order valence-corrected chi connectivity index (χ4v) is 3.34. The number of benzene rings is 2. The molecule has 0 atom stereocenters. The molecule has 142 valence electrons. The molecule has 0 bridgehead atoms. The molecule has 0 aromatic heterocycles. The second-order valence-corrected chi connectivity index (χ2v) is 6.39. The first-order chi connectivity index (χ1) is 12.9. The molecular formula is C23H28N2O2. The molecule has 2 aromatic rings. The van der Waals surface area contributed by atoms with Gasteiger partial charge in [-0.1, -0.05) is 30.9 Å². The van der Waals surface area contributed by atoms with Gasteiger partial charge in [-0.25, -0.2) is 0 Å². The Kier molecular flexibility index (Phi) is 6.35. The van der Waals surface area contributed by atoms with Crippen LogP contribution in [0.25, 0.3) is 0 Å². The average Bonchev–Trinajstić information content (AvgIpc) is 2.68. The summed E-state index contributed by atoms with van der Waals surface area (Å²) in [5.74, 6) is 1.45. The van der Waals surface area contributed by atoms with Crippen LogP contribution in [-0.2, 0) is 5.41 Å². The van der Waals surface area contributed by atoms with E-state index in [2.05, 4.69) is 13.5 Å². The zero-order valence-corrected chi connectivity index (χ0v) is 16.5. The third-order valence-electron chi connectivity index (χ3n) is 4.82. The molecule has 0 heterocycles. The molecule has 4 heteroatoms. The van der Waals surface area contributed by atoms with E-state index in [1.807, 2.05) is 61.5 Å². The van der Waals surface area contributed by atoms with Crippen LogP contribution in [-0.4, -0.2) is 14.2 Å². The molecule has 0 saturated heterocycles. The normalized spacial score (nSPS) is 12.2. The molecule has 0 aliphatic carbocycles. The lowest BCUT2D eigenvalue weighted by Gasteiger charge is -2.35. The van der Waals surface area contributed by atoms with E-state index < -0.39 is 5.41 Å². The number of hydrogen-bond acceptors (Lipinski definition) is 4. The van der Waals surface area contributed by atoms with Crippen LogP contribution in [0.5, 0.6) is 11.5 Å². The lowest BCUT2D eigenvalue weighted by molar-refractivity contribution is 0.412. The second kappa shape index (κ2) is 8.49. The van der Waals surface area contributed by atoms with Gasteiger partial charge in [0.25, 0.3) is 0 Å². The lowest BCUT2D eigenvalue weighted by Crippen LogP contribution is -2.28. The van der Waals surface area contributed by atoms with Crippen LogP contribution in [0, 0.1) is 0 Å². The van der Waals surface area contributed by atoms with E-state index in [4.69, 9.17) is 20.9 Å². The van der Waals surface area contributed by atoms with Crippen LogP contribution in [0.2, 0.25) is 0 Å².